The Morgan fingerprint density at radius 3 is 2.85 bits per heavy atom. The van der Waals surface area contributed by atoms with Crippen molar-refractivity contribution in [3.05, 3.63) is 11.1 Å². The molecule has 0 bridgehead atoms. The molecule has 1 aliphatic carbocycles. The third-order valence-electron chi connectivity index (χ3n) is 2.75. The van der Waals surface area contributed by atoms with E-state index < -0.39 is 0 Å². The summed E-state index contributed by atoms with van der Waals surface area (Å²) < 4.78 is 3.86. The molecule has 5 heteroatoms. The van der Waals surface area contributed by atoms with Crippen LogP contribution in [-0.2, 0) is 0 Å². The lowest BCUT2D eigenvalue weighted by Gasteiger charge is -2.19. The Kier molecular flexibility index (Phi) is 2.87. The van der Waals surface area contributed by atoms with Crippen LogP contribution in [0.3, 0.4) is 0 Å². The fraction of sp³-hybridized carbons (Fsp3) is 0.750. The summed E-state index contributed by atoms with van der Waals surface area (Å²) in [6.45, 7) is 0. The summed E-state index contributed by atoms with van der Waals surface area (Å²) in [5, 5.41) is 6.03. The third-order valence-corrected chi connectivity index (χ3v) is 3.27. The summed E-state index contributed by atoms with van der Waals surface area (Å²) in [5.74, 6) is 6.18. The predicted octanol–water partition coefficient (Wildman–Crippen LogP) is 1.23. The molecular formula is C8H14N4S. The molecule has 0 aliphatic heterocycles. The molecular weight excluding hydrogens is 184 g/mol. The Morgan fingerprint density at radius 1 is 1.54 bits per heavy atom. The number of aromatic nitrogens is 2. The van der Waals surface area contributed by atoms with Crippen molar-refractivity contribution < 1.29 is 0 Å². The maximum Gasteiger partial charge on any atom is 0.0941 e. The molecule has 1 aromatic rings. The Bertz CT molecular complexity index is 243. The van der Waals surface area contributed by atoms with Gasteiger partial charge >= 0.3 is 0 Å². The molecule has 1 fully saturated rings. The van der Waals surface area contributed by atoms with Crippen molar-refractivity contribution in [2.45, 2.75) is 31.7 Å². The number of hydrogen-bond acceptors (Lipinski definition) is 5. The summed E-state index contributed by atoms with van der Waals surface area (Å²) in [4.78, 5) is 0. The van der Waals surface area contributed by atoms with Gasteiger partial charge in [-0.15, -0.1) is 5.10 Å². The third kappa shape index (κ3) is 1.87. The molecule has 1 atom stereocenters. The Balaban J connectivity index is 2.08. The zero-order valence-electron chi connectivity index (χ0n) is 7.44. The second-order valence-electron chi connectivity index (χ2n) is 3.52. The minimum Gasteiger partial charge on any atom is -0.271 e. The van der Waals surface area contributed by atoms with Gasteiger partial charge in [-0.1, -0.05) is 17.3 Å². The number of rotatable bonds is 3. The molecule has 1 aromatic heterocycles. The van der Waals surface area contributed by atoms with Crippen LogP contribution in [0.15, 0.2) is 5.38 Å². The molecule has 4 nitrogen and oxygen atoms in total. The van der Waals surface area contributed by atoms with Gasteiger partial charge in [0.2, 0.25) is 0 Å². The van der Waals surface area contributed by atoms with Gasteiger partial charge in [-0.25, -0.2) is 0 Å². The van der Waals surface area contributed by atoms with E-state index in [2.05, 4.69) is 15.0 Å². The predicted molar refractivity (Wildman–Crippen MR) is 51.9 cm³/mol. The van der Waals surface area contributed by atoms with Crippen molar-refractivity contribution in [3.8, 4) is 0 Å². The monoisotopic (exact) mass is 198 g/mol. The number of nitrogens with one attached hydrogen (secondary N) is 1. The first-order chi connectivity index (χ1) is 6.42. The first-order valence-electron chi connectivity index (χ1n) is 4.65. The van der Waals surface area contributed by atoms with Crippen LogP contribution < -0.4 is 11.3 Å². The van der Waals surface area contributed by atoms with E-state index in [9.17, 15) is 0 Å². The number of hydrogen-bond donors (Lipinski definition) is 2. The molecule has 0 spiro atoms. The lowest BCUT2D eigenvalue weighted by molar-refractivity contribution is 0.366. The molecule has 0 radical (unpaired) electrons. The highest BCUT2D eigenvalue weighted by molar-refractivity contribution is 7.03. The molecule has 0 amide bonds. The van der Waals surface area contributed by atoms with E-state index in [1.165, 1.54) is 37.2 Å². The van der Waals surface area contributed by atoms with E-state index in [4.69, 9.17) is 5.84 Å². The van der Waals surface area contributed by atoms with Gasteiger partial charge in [0.05, 0.1) is 11.7 Å². The van der Waals surface area contributed by atoms with Crippen molar-refractivity contribution in [1.29, 1.82) is 0 Å². The van der Waals surface area contributed by atoms with Crippen molar-refractivity contribution in [2.75, 3.05) is 0 Å². The van der Waals surface area contributed by atoms with Gasteiger partial charge in [0.1, 0.15) is 0 Å². The van der Waals surface area contributed by atoms with Crippen LogP contribution in [-0.4, -0.2) is 9.59 Å². The normalized spacial score (nSPS) is 20.7. The summed E-state index contributed by atoms with van der Waals surface area (Å²) in [6.07, 6.45) is 5.15. The summed E-state index contributed by atoms with van der Waals surface area (Å²) in [7, 11) is 0. The molecule has 3 N–H and O–H groups in total. The van der Waals surface area contributed by atoms with E-state index in [1.54, 1.807) is 0 Å². The maximum absolute atomic E-state index is 5.53. The Morgan fingerprint density at radius 2 is 2.31 bits per heavy atom. The average molecular weight is 198 g/mol. The van der Waals surface area contributed by atoms with E-state index in [0.29, 0.717) is 5.92 Å². The largest absolute Gasteiger partial charge is 0.271 e. The minimum atomic E-state index is 0.209. The van der Waals surface area contributed by atoms with Crippen LogP contribution in [0.25, 0.3) is 0 Å². The fourth-order valence-corrected chi connectivity index (χ4v) is 2.55. The standard InChI is InChI=1S/C8H14N4S/c9-10-8(6-3-1-2-4-6)7-5-13-12-11-7/h5-6,8,10H,1-4,9H2. The van der Waals surface area contributed by atoms with E-state index in [-0.39, 0.29) is 6.04 Å². The van der Waals surface area contributed by atoms with Crippen molar-refractivity contribution in [3.63, 3.8) is 0 Å². The smallest absolute Gasteiger partial charge is 0.0941 e. The highest BCUT2D eigenvalue weighted by Crippen LogP contribution is 2.34. The van der Waals surface area contributed by atoms with Crippen LogP contribution in [0.2, 0.25) is 0 Å². The summed E-state index contributed by atoms with van der Waals surface area (Å²) in [6, 6.07) is 0.209. The number of hydrazine groups is 1. The number of nitrogens with zero attached hydrogens (tertiary/aromatic N) is 2. The van der Waals surface area contributed by atoms with Crippen molar-refractivity contribution >= 4 is 11.5 Å². The molecule has 1 unspecified atom stereocenters. The van der Waals surface area contributed by atoms with Gasteiger partial charge < -0.3 is 0 Å². The Hall–Kier alpha value is -0.520. The van der Waals surface area contributed by atoms with Crippen molar-refractivity contribution in [2.24, 2.45) is 11.8 Å². The first kappa shape index (κ1) is 9.05. The highest BCUT2D eigenvalue weighted by atomic mass is 32.1. The second kappa shape index (κ2) is 4.13. The summed E-state index contributed by atoms with van der Waals surface area (Å²) in [5.41, 5.74) is 3.85. The van der Waals surface area contributed by atoms with E-state index in [0.717, 1.165) is 5.69 Å². The molecule has 1 aliphatic rings. The zero-order chi connectivity index (χ0) is 9.10. The van der Waals surface area contributed by atoms with E-state index in [1.807, 2.05) is 5.38 Å². The van der Waals surface area contributed by atoms with Crippen molar-refractivity contribution in [1.82, 2.24) is 15.0 Å². The molecule has 72 valence electrons. The molecule has 1 heterocycles. The molecule has 13 heavy (non-hydrogen) atoms. The van der Waals surface area contributed by atoms with Gasteiger partial charge in [0.25, 0.3) is 0 Å². The fourth-order valence-electron chi connectivity index (χ4n) is 2.06. The molecule has 1 saturated carbocycles. The minimum absolute atomic E-state index is 0.209. The van der Waals surface area contributed by atoms with E-state index >= 15 is 0 Å². The second-order valence-corrected chi connectivity index (χ2v) is 4.13. The zero-order valence-corrected chi connectivity index (χ0v) is 8.26. The lowest BCUT2D eigenvalue weighted by Crippen LogP contribution is -2.32. The van der Waals surface area contributed by atoms with Crippen LogP contribution in [0.5, 0.6) is 0 Å². The van der Waals surface area contributed by atoms with Crippen LogP contribution in [0, 0.1) is 5.92 Å². The number of nitrogens with two attached hydrogens (primary N) is 1. The average Bonchev–Trinajstić information content (AvgIpc) is 2.76. The van der Waals surface area contributed by atoms with Crippen LogP contribution >= 0.6 is 11.5 Å². The quantitative estimate of drug-likeness (QED) is 0.566. The highest BCUT2D eigenvalue weighted by Gasteiger charge is 2.26. The molecule has 0 saturated heterocycles. The summed E-state index contributed by atoms with van der Waals surface area (Å²) >= 11 is 1.39. The maximum atomic E-state index is 5.53. The van der Waals surface area contributed by atoms with Gasteiger partial charge in [-0.3, -0.25) is 11.3 Å². The van der Waals surface area contributed by atoms with Gasteiger partial charge in [0.15, 0.2) is 0 Å². The molecule has 2 rings (SSSR count). The topological polar surface area (TPSA) is 63.8 Å². The lowest BCUT2D eigenvalue weighted by atomic mass is 9.97. The SMILES string of the molecule is NNC(c1csnn1)C1CCCC1. The Labute approximate surface area is 81.7 Å². The van der Waals surface area contributed by atoms with Crippen LogP contribution in [0.1, 0.15) is 37.4 Å². The van der Waals surface area contributed by atoms with Gasteiger partial charge in [0, 0.05) is 5.38 Å². The van der Waals surface area contributed by atoms with Gasteiger partial charge in [-0.2, -0.15) is 0 Å². The first-order valence-corrected chi connectivity index (χ1v) is 5.48. The van der Waals surface area contributed by atoms with Gasteiger partial charge in [-0.05, 0) is 30.3 Å². The molecule has 0 aromatic carbocycles. The van der Waals surface area contributed by atoms with Crippen LogP contribution in [0.4, 0.5) is 0 Å².